The number of hydrogen-bond acceptors (Lipinski definition) is 17. The molecule has 0 saturated carbocycles. The van der Waals surface area contributed by atoms with Crippen molar-refractivity contribution in [3.8, 4) is 0 Å². The normalized spacial score (nSPS) is 27.9. The Balaban J connectivity index is 1.75. The topological polar surface area (TPSA) is 303 Å². The fraction of sp³-hybridized carbons (Fsp3) is 0.596. The number of cyclic esters (lactones) is 1. The van der Waals surface area contributed by atoms with Crippen molar-refractivity contribution < 1.29 is 76.2 Å². The lowest BCUT2D eigenvalue weighted by atomic mass is 9.88. The van der Waals surface area contributed by atoms with Gasteiger partial charge in [-0.3, -0.25) is 28.0 Å². The maximum absolute atomic E-state index is 13.8. The van der Waals surface area contributed by atoms with Crippen molar-refractivity contribution in [3.63, 3.8) is 0 Å². The molecule has 10 atom stereocenters. The molecule has 0 saturated heterocycles. The fourth-order valence-electron chi connectivity index (χ4n) is 7.57. The Morgan fingerprint density at radius 3 is 2.18 bits per heavy atom. The van der Waals surface area contributed by atoms with Crippen LogP contribution in [0, 0.1) is 11.8 Å². The Labute approximate surface area is 434 Å². The molecular formula is C52H79N3O17P2. The summed E-state index contributed by atoms with van der Waals surface area (Å²) in [7, 11) is -11.3. The molecule has 74 heavy (non-hydrogen) atoms. The second kappa shape index (κ2) is 35.8. The summed E-state index contributed by atoms with van der Waals surface area (Å²) in [6.07, 6.45) is 28.1. The highest BCUT2D eigenvalue weighted by molar-refractivity contribution is 7.61. The molecular weight excluding hydrogens is 1000 g/mol. The minimum Gasteiger partial charge on any atom is -0.462 e. The number of phosphoric acid groups is 2. The van der Waals surface area contributed by atoms with E-state index in [2.05, 4.69) is 52.7 Å². The Morgan fingerprint density at radius 2 is 1.51 bits per heavy atom. The first-order valence-corrected chi connectivity index (χ1v) is 28.6. The van der Waals surface area contributed by atoms with Crippen molar-refractivity contribution in [1.29, 1.82) is 0 Å². The van der Waals surface area contributed by atoms with Crippen molar-refractivity contribution in [1.82, 2.24) is 9.55 Å². The molecule has 2 bridgehead atoms. The minimum absolute atomic E-state index is 0.00979. The molecule has 0 radical (unpaired) electrons. The van der Waals surface area contributed by atoms with Gasteiger partial charge in [-0.15, -0.1) is 0 Å². The Hall–Kier alpha value is -4.43. The molecule has 0 aliphatic carbocycles. The Morgan fingerprint density at radius 1 is 0.878 bits per heavy atom. The number of ether oxygens (including phenoxy) is 3. The first-order chi connectivity index (χ1) is 35.4. The van der Waals surface area contributed by atoms with Crippen LogP contribution in [-0.2, 0) is 51.1 Å². The van der Waals surface area contributed by atoms with Gasteiger partial charge in [0.15, 0.2) is 11.9 Å². The van der Waals surface area contributed by atoms with Crippen molar-refractivity contribution in [2.75, 3.05) is 25.6 Å². The average Bonchev–Trinajstić information content (AvgIpc) is 3.34. The number of unbranched alkanes of at least 4 members (excludes halogenated alkanes) is 6. The first kappa shape index (κ1) is 63.9. The number of ketones is 1. The molecule has 414 valence electrons. The number of rotatable bonds is 23. The zero-order valence-corrected chi connectivity index (χ0v) is 44.5. The molecule has 2 aliphatic rings. The van der Waals surface area contributed by atoms with E-state index < -0.39 is 107 Å². The third kappa shape index (κ3) is 26.4. The van der Waals surface area contributed by atoms with E-state index in [4.69, 9.17) is 29.0 Å². The van der Waals surface area contributed by atoms with Gasteiger partial charge >= 0.3 is 33.3 Å². The number of anilines is 1. The molecule has 1 aromatic heterocycles. The van der Waals surface area contributed by atoms with Crippen LogP contribution in [0.1, 0.15) is 136 Å². The molecule has 22 heteroatoms. The maximum atomic E-state index is 13.8. The zero-order chi connectivity index (χ0) is 54.2. The number of fused-ring (bicyclic) bond motifs is 3. The van der Waals surface area contributed by atoms with Gasteiger partial charge in [0.25, 0.3) is 0 Å². The van der Waals surface area contributed by atoms with Crippen LogP contribution in [0.25, 0.3) is 0 Å². The lowest BCUT2D eigenvalue weighted by Crippen LogP contribution is -2.49. The number of aliphatic hydroxyl groups is 3. The molecule has 20 nitrogen and oxygen atoms in total. The molecule has 0 aromatic carbocycles. The van der Waals surface area contributed by atoms with E-state index in [-0.39, 0.29) is 31.5 Å². The largest absolute Gasteiger partial charge is 0.481 e. The number of aromatic nitrogens is 2. The number of esters is 2. The Kier molecular flexibility index (Phi) is 30.9. The molecule has 3 rings (SSSR count). The lowest BCUT2D eigenvalue weighted by molar-refractivity contribution is -0.167. The quantitative estimate of drug-likeness (QED) is 0.0260. The van der Waals surface area contributed by atoms with Crippen LogP contribution >= 0.6 is 15.6 Å². The highest BCUT2D eigenvalue weighted by Crippen LogP contribution is 2.60. The standard InChI is InChI=1S/C52H79N3O17P2/c1-3-5-7-8-9-10-11-12-13-14-15-16-17-18-19-20-25-29-47(58)67-37-42-38-68-73(63,64)72-74(65,66)69-39-45-50(61)49(60)43(33-32-41(56)28-23-6-4-2)44(57)34-31-40(27-24-21-22-26-30-48(59)70-42)51(71-45)55-36-35-46(53)54-52(55)62/h9-10,12-13,15-16,18-19,21,24,31-36,40-43,45,49-51,56,60-61H,3-8,11,14,17,20,22-23,25-30,37-39H2,1-2H3,(H,63,64)(H,65,66)(H2,53,54,62)/b10-9-,13-12-,16-15-,19-18-,24-21?,33-32?,34-31?/t40-,41-,42+,43-,45+,49-,50+,51+/m0/s1. The number of nitrogens with zero attached hydrogens (tertiary/aromatic N) is 2. The molecule has 0 amide bonds. The van der Waals surface area contributed by atoms with Crippen molar-refractivity contribution in [3.05, 3.63) is 108 Å². The van der Waals surface area contributed by atoms with E-state index in [1.807, 2.05) is 19.1 Å². The summed E-state index contributed by atoms with van der Waals surface area (Å²) in [6, 6.07) is 1.28. The van der Waals surface area contributed by atoms with Crippen LogP contribution in [0.2, 0.25) is 0 Å². The molecule has 0 fully saturated rings. The highest BCUT2D eigenvalue weighted by Gasteiger charge is 2.42. The molecule has 0 spiro atoms. The van der Waals surface area contributed by atoms with Gasteiger partial charge in [-0.2, -0.15) is 9.29 Å². The van der Waals surface area contributed by atoms with Gasteiger partial charge in [0.2, 0.25) is 0 Å². The first-order valence-electron chi connectivity index (χ1n) is 25.7. The van der Waals surface area contributed by atoms with Crippen LogP contribution in [-0.4, -0.2) is 103 Å². The summed E-state index contributed by atoms with van der Waals surface area (Å²) >= 11 is 0. The predicted octanol–water partition coefficient (Wildman–Crippen LogP) is 8.28. The minimum atomic E-state index is -5.69. The number of aliphatic hydroxyl groups excluding tert-OH is 3. The highest BCUT2D eigenvalue weighted by atomic mass is 31.3. The summed E-state index contributed by atoms with van der Waals surface area (Å²) < 4.78 is 58.9. The van der Waals surface area contributed by atoms with E-state index in [0.29, 0.717) is 32.1 Å². The SMILES string of the molecule is CCCCC/C=C\C/C=C\C/C=C\C/C=C\CCCC(=O)OC[C@@H]1COP(=O)(O)OP(=O)(O)OC[C@H]2O[C@@H](n3ccc(N)nc3=O)[C@H](C=CC(=O)[C@H](C=C[C@@H](O)CCCCC)[C@H](O)[C@@H]2O)CC=CCCCC(=O)O1. The summed E-state index contributed by atoms with van der Waals surface area (Å²) in [6.45, 7) is 1.48. The third-order valence-electron chi connectivity index (χ3n) is 11.7. The van der Waals surface area contributed by atoms with Gasteiger partial charge in [0.1, 0.15) is 30.9 Å². The second-order valence-electron chi connectivity index (χ2n) is 18.0. The summed E-state index contributed by atoms with van der Waals surface area (Å²) in [5.41, 5.74) is 4.82. The number of allylic oxidation sites excluding steroid dienone is 11. The monoisotopic (exact) mass is 1080 g/mol. The average molecular weight is 1080 g/mol. The van der Waals surface area contributed by atoms with Crippen LogP contribution in [0.15, 0.2) is 102 Å². The van der Waals surface area contributed by atoms with Gasteiger partial charge in [-0.05, 0) is 82.8 Å². The lowest BCUT2D eigenvalue weighted by Gasteiger charge is -2.36. The van der Waals surface area contributed by atoms with E-state index >= 15 is 0 Å². The summed E-state index contributed by atoms with van der Waals surface area (Å²) in [4.78, 5) is 77.8. The fourth-order valence-corrected chi connectivity index (χ4v) is 9.68. The summed E-state index contributed by atoms with van der Waals surface area (Å²) in [5, 5.41) is 33.8. The van der Waals surface area contributed by atoms with Gasteiger partial charge in [-0.25, -0.2) is 13.9 Å². The number of nitrogens with two attached hydrogens (primary N) is 1. The van der Waals surface area contributed by atoms with Gasteiger partial charge in [0, 0.05) is 25.0 Å². The van der Waals surface area contributed by atoms with Crippen molar-refractivity contribution >= 4 is 39.2 Å². The second-order valence-corrected chi connectivity index (χ2v) is 21.0. The molecule has 1 aromatic rings. The zero-order valence-electron chi connectivity index (χ0n) is 42.7. The van der Waals surface area contributed by atoms with E-state index in [1.54, 1.807) is 12.2 Å². The van der Waals surface area contributed by atoms with Crippen LogP contribution in [0.4, 0.5) is 5.82 Å². The maximum Gasteiger partial charge on any atom is 0.481 e. The molecule has 3 heterocycles. The van der Waals surface area contributed by atoms with Crippen LogP contribution in [0.5, 0.6) is 0 Å². The van der Waals surface area contributed by atoms with Crippen LogP contribution in [0.3, 0.4) is 0 Å². The Bertz CT molecular complexity index is 2230. The number of carbonyl (C=O) groups excluding carboxylic acids is 3. The third-order valence-corrected chi connectivity index (χ3v) is 14.3. The number of nitrogen functional groups attached to an aromatic ring is 1. The number of carbonyl (C=O) groups is 3. The van der Waals surface area contributed by atoms with Crippen LogP contribution < -0.4 is 11.4 Å². The predicted molar refractivity (Wildman–Crippen MR) is 279 cm³/mol. The van der Waals surface area contributed by atoms with E-state index in [1.165, 1.54) is 49.8 Å². The number of phosphoric ester groups is 2. The van der Waals surface area contributed by atoms with Gasteiger partial charge < -0.3 is 45.1 Å². The molecule has 7 N–H and O–H groups in total. The van der Waals surface area contributed by atoms with Gasteiger partial charge in [0.05, 0.1) is 31.3 Å². The van der Waals surface area contributed by atoms with Crippen molar-refractivity contribution in [2.24, 2.45) is 11.8 Å². The van der Waals surface area contributed by atoms with E-state index in [0.717, 1.165) is 49.2 Å². The number of hydrogen-bond donors (Lipinski definition) is 6. The van der Waals surface area contributed by atoms with Crippen molar-refractivity contribution in [2.45, 2.75) is 166 Å². The molecule has 2 unspecified atom stereocenters. The van der Waals surface area contributed by atoms with E-state index in [9.17, 15) is 53.4 Å². The summed E-state index contributed by atoms with van der Waals surface area (Å²) in [5.74, 6) is -4.75. The molecule has 2 aliphatic heterocycles. The van der Waals surface area contributed by atoms with Gasteiger partial charge in [-0.1, -0.05) is 125 Å². The smallest absolute Gasteiger partial charge is 0.462 e.